The number of benzene rings is 2. The van der Waals surface area contributed by atoms with E-state index in [9.17, 15) is 13.5 Å². The van der Waals surface area contributed by atoms with Gasteiger partial charge in [-0.25, -0.2) is 23.1 Å². The number of ether oxygens (including phenoxy) is 1. The molecule has 2 aromatic heterocycles. The standard InChI is InChI=1S/C20H21N5O4S2/c1-12(11-26)10-21-31(27,28)20-23-14-7-5-8-15(29-2)17(14)18(25-20)24-19-22-13-6-3-4-9-16(13)30-19/h3-9,12,21,26H,10-11H2,1-2H3,(H,22,23,24,25). The van der Waals surface area contributed by atoms with Crippen molar-refractivity contribution in [1.82, 2.24) is 19.7 Å². The highest BCUT2D eigenvalue weighted by Gasteiger charge is 2.23. The highest BCUT2D eigenvalue weighted by Crippen LogP contribution is 2.34. The molecule has 0 amide bonds. The van der Waals surface area contributed by atoms with Crippen molar-refractivity contribution in [2.45, 2.75) is 12.1 Å². The summed E-state index contributed by atoms with van der Waals surface area (Å²) in [5, 5.41) is 13.1. The molecular formula is C20H21N5O4S2. The van der Waals surface area contributed by atoms with Crippen molar-refractivity contribution in [1.29, 1.82) is 0 Å². The molecule has 31 heavy (non-hydrogen) atoms. The number of aliphatic hydroxyl groups is 1. The van der Waals surface area contributed by atoms with Gasteiger partial charge in [0.15, 0.2) is 5.13 Å². The van der Waals surface area contributed by atoms with Gasteiger partial charge in [-0.15, -0.1) is 0 Å². The average molecular weight is 460 g/mol. The second kappa shape index (κ2) is 8.71. The van der Waals surface area contributed by atoms with E-state index in [1.807, 2.05) is 24.3 Å². The Balaban J connectivity index is 1.81. The Morgan fingerprint density at radius 3 is 2.61 bits per heavy atom. The van der Waals surface area contributed by atoms with Gasteiger partial charge in [-0.3, -0.25) is 0 Å². The monoisotopic (exact) mass is 459 g/mol. The Morgan fingerprint density at radius 2 is 1.87 bits per heavy atom. The number of methoxy groups -OCH3 is 1. The Bertz CT molecular complexity index is 1310. The molecule has 2 heterocycles. The molecule has 0 bridgehead atoms. The van der Waals surface area contributed by atoms with Gasteiger partial charge in [-0.05, 0) is 30.2 Å². The number of hydrogen-bond acceptors (Lipinski definition) is 9. The van der Waals surface area contributed by atoms with E-state index < -0.39 is 10.0 Å². The van der Waals surface area contributed by atoms with Crippen LogP contribution in [0.1, 0.15) is 6.92 Å². The molecule has 0 saturated carbocycles. The van der Waals surface area contributed by atoms with Gasteiger partial charge < -0.3 is 15.2 Å². The molecular weight excluding hydrogens is 438 g/mol. The van der Waals surface area contributed by atoms with E-state index in [1.165, 1.54) is 18.4 Å². The van der Waals surface area contributed by atoms with Gasteiger partial charge in [0.05, 0.1) is 28.2 Å². The van der Waals surface area contributed by atoms with Gasteiger partial charge in [0.1, 0.15) is 11.6 Å². The van der Waals surface area contributed by atoms with E-state index in [0.29, 0.717) is 21.8 Å². The van der Waals surface area contributed by atoms with Crippen LogP contribution < -0.4 is 14.8 Å². The largest absolute Gasteiger partial charge is 0.496 e. The van der Waals surface area contributed by atoms with Crippen LogP contribution in [-0.4, -0.2) is 48.7 Å². The number of anilines is 2. The van der Waals surface area contributed by atoms with E-state index in [2.05, 4.69) is 25.0 Å². The number of hydrogen-bond donors (Lipinski definition) is 3. The Labute approximate surface area is 183 Å². The molecule has 162 valence electrons. The fourth-order valence-corrected chi connectivity index (χ4v) is 4.85. The number of thiazole rings is 1. The summed E-state index contributed by atoms with van der Waals surface area (Å²) in [6, 6.07) is 12.9. The van der Waals surface area contributed by atoms with Crippen LogP contribution >= 0.6 is 11.3 Å². The van der Waals surface area contributed by atoms with Crippen molar-refractivity contribution < 1.29 is 18.3 Å². The van der Waals surface area contributed by atoms with Crippen molar-refractivity contribution in [3.8, 4) is 5.75 Å². The molecule has 0 saturated heterocycles. The van der Waals surface area contributed by atoms with Crippen LogP contribution in [0.4, 0.5) is 10.9 Å². The summed E-state index contributed by atoms with van der Waals surface area (Å²) in [4.78, 5) is 13.1. The van der Waals surface area contributed by atoms with E-state index in [-0.39, 0.29) is 30.0 Å². The molecule has 0 aliphatic heterocycles. The maximum Gasteiger partial charge on any atom is 0.276 e. The van der Waals surface area contributed by atoms with Gasteiger partial charge >= 0.3 is 0 Å². The number of nitrogens with zero attached hydrogens (tertiary/aromatic N) is 3. The number of aromatic nitrogens is 3. The lowest BCUT2D eigenvalue weighted by Crippen LogP contribution is -2.31. The molecule has 3 N–H and O–H groups in total. The van der Waals surface area contributed by atoms with Crippen LogP contribution in [0.3, 0.4) is 0 Å². The van der Waals surface area contributed by atoms with E-state index in [0.717, 1.165) is 10.2 Å². The van der Waals surface area contributed by atoms with Crippen molar-refractivity contribution in [3.05, 3.63) is 42.5 Å². The van der Waals surface area contributed by atoms with Crippen molar-refractivity contribution >= 4 is 53.4 Å². The zero-order valence-electron chi connectivity index (χ0n) is 16.9. The molecule has 1 unspecified atom stereocenters. The van der Waals surface area contributed by atoms with E-state index >= 15 is 0 Å². The zero-order valence-corrected chi connectivity index (χ0v) is 18.5. The summed E-state index contributed by atoms with van der Waals surface area (Å²) < 4.78 is 34.5. The zero-order chi connectivity index (χ0) is 22.0. The highest BCUT2D eigenvalue weighted by atomic mass is 32.2. The summed E-state index contributed by atoms with van der Waals surface area (Å²) in [7, 11) is -2.47. The van der Waals surface area contributed by atoms with Crippen LogP contribution in [0.15, 0.2) is 47.6 Å². The number of rotatable bonds is 8. The number of para-hydroxylation sites is 1. The predicted octanol–water partition coefficient (Wildman–Crippen LogP) is 2.90. The first kappa shape index (κ1) is 21.4. The minimum atomic E-state index is -4.00. The number of fused-ring (bicyclic) bond motifs is 2. The smallest absolute Gasteiger partial charge is 0.276 e. The highest BCUT2D eigenvalue weighted by molar-refractivity contribution is 7.89. The normalized spacial score (nSPS) is 12.9. The van der Waals surface area contributed by atoms with E-state index in [4.69, 9.17) is 4.74 Å². The first-order chi connectivity index (χ1) is 14.9. The maximum absolute atomic E-state index is 12.8. The molecule has 2 aromatic carbocycles. The molecule has 9 nitrogen and oxygen atoms in total. The van der Waals surface area contributed by atoms with E-state index in [1.54, 1.807) is 25.1 Å². The molecule has 0 radical (unpaired) electrons. The summed E-state index contributed by atoms with van der Waals surface area (Å²) in [5.41, 5.74) is 1.24. The third-order valence-electron chi connectivity index (χ3n) is 4.58. The van der Waals surface area contributed by atoms with Crippen molar-refractivity contribution in [3.63, 3.8) is 0 Å². The lowest BCUT2D eigenvalue weighted by atomic mass is 10.2. The first-order valence-corrected chi connectivity index (χ1v) is 11.8. The molecule has 4 rings (SSSR count). The van der Waals surface area contributed by atoms with Crippen LogP contribution in [-0.2, 0) is 10.0 Å². The fraction of sp³-hybridized carbons (Fsp3) is 0.250. The van der Waals surface area contributed by atoms with Gasteiger partial charge in [0.25, 0.3) is 15.2 Å². The second-order valence-electron chi connectivity index (χ2n) is 6.96. The molecule has 0 aliphatic carbocycles. The third-order valence-corrected chi connectivity index (χ3v) is 6.74. The second-order valence-corrected chi connectivity index (χ2v) is 9.65. The van der Waals surface area contributed by atoms with Crippen LogP contribution in [0.25, 0.3) is 21.1 Å². The number of nitrogens with one attached hydrogen (secondary N) is 2. The van der Waals surface area contributed by atoms with Crippen molar-refractivity contribution in [2.75, 3.05) is 25.6 Å². The quantitative estimate of drug-likeness (QED) is 0.343. The Morgan fingerprint density at radius 1 is 1.10 bits per heavy atom. The molecule has 4 aromatic rings. The molecule has 0 fully saturated rings. The minimum absolute atomic E-state index is 0.0684. The minimum Gasteiger partial charge on any atom is -0.496 e. The van der Waals surface area contributed by atoms with Gasteiger partial charge in [-0.1, -0.05) is 36.5 Å². The topological polar surface area (TPSA) is 126 Å². The number of sulfonamides is 1. The maximum atomic E-state index is 12.8. The lowest BCUT2D eigenvalue weighted by molar-refractivity contribution is 0.238. The van der Waals surface area contributed by atoms with Crippen LogP contribution in [0.5, 0.6) is 5.75 Å². The first-order valence-electron chi connectivity index (χ1n) is 9.49. The predicted molar refractivity (Wildman–Crippen MR) is 120 cm³/mol. The molecule has 1 atom stereocenters. The summed E-state index contributed by atoms with van der Waals surface area (Å²) >= 11 is 1.43. The van der Waals surface area contributed by atoms with Gasteiger partial charge in [0, 0.05) is 13.2 Å². The van der Waals surface area contributed by atoms with Crippen LogP contribution in [0.2, 0.25) is 0 Å². The van der Waals surface area contributed by atoms with Gasteiger partial charge in [0.2, 0.25) is 0 Å². The Hall–Kier alpha value is -2.86. The summed E-state index contributed by atoms with van der Waals surface area (Å²) in [6.07, 6.45) is 0. The molecule has 0 spiro atoms. The molecule has 11 heteroatoms. The lowest BCUT2D eigenvalue weighted by Gasteiger charge is -2.13. The summed E-state index contributed by atoms with van der Waals surface area (Å²) in [5.74, 6) is 0.541. The van der Waals surface area contributed by atoms with Gasteiger partial charge in [-0.2, -0.15) is 4.98 Å². The number of aliphatic hydroxyl groups excluding tert-OH is 1. The van der Waals surface area contributed by atoms with Crippen LogP contribution in [0, 0.1) is 5.92 Å². The summed E-state index contributed by atoms with van der Waals surface area (Å²) in [6.45, 7) is 1.66. The molecule has 0 aliphatic rings. The SMILES string of the molecule is COc1cccc2nc(S(=O)(=O)NCC(C)CO)nc(Nc3nc4ccccc4s3)c12. The fourth-order valence-electron chi connectivity index (χ4n) is 2.92. The van der Waals surface area contributed by atoms with Crippen molar-refractivity contribution in [2.24, 2.45) is 5.92 Å². The average Bonchev–Trinajstić information content (AvgIpc) is 3.19. The Kier molecular flexibility index (Phi) is 6.01. The third kappa shape index (κ3) is 4.44.